The second-order valence-electron chi connectivity index (χ2n) is 3.92. The molecular formula is C13H21N3S. The zero-order valence-corrected chi connectivity index (χ0v) is 11.6. The molecule has 0 radical (unpaired) electrons. The van der Waals surface area contributed by atoms with Crippen LogP contribution in [0.1, 0.15) is 25.8 Å². The van der Waals surface area contributed by atoms with Crippen LogP contribution in [0.3, 0.4) is 0 Å². The Bertz CT molecular complexity index is 390. The van der Waals surface area contributed by atoms with Crippen LogP contribution in [0.15, 0.2) is 23.1 Å². The molecule has 0 heterocycles. The van der Waals surface area contributed by atoms with Gasteiger partial charge in [-0.2, -0.15) is 0 Å². The topological polar surface area (TPSA) is 53.1 Å². The third kappa shape index (κ3) is 3.40. The molecule has 0 saturated heterocycles. The van der Waals surface area contributed by atoms with E-state index in [9.17, 15) is 0 Å². The summed E-state index contributed by atoms with van der Waals surface area (Å²) in [6, 6.07) is 6.10. The molecule has 0 atom stereocenters. The van der Waals surface area contributed by atoms with Gasteiger partial charge in [-0.25, -0.2) is 0 Å². The first-order valence-corrected chi connectivity index (χ1v) is 6.91. The highest BCUT2D eigenvalue weighted by Gasteiger charge is 2.13. The van der Waals surface area contributed by atoms with Gasteiger partial charge in [0.2, 0.25) is 0 Å². The minimum absolute atomic E-state index is 0.152. The van der Waals surface area contributed by atoms with Crippen LogP contribution in [0, 0.1) is 5.41 Å². The van der Waals surface area contributed by atoms with Gasteiger partial charge in [-0.1, -0.05) is 19.9 Å². The predicted molar refractivity (Wildman–Crippen MR) is 77.4 cm³/mol. The maximum atomic E-state index is 7.76. The highest BCUT2D eigenvalue weighted by Crippen LogP contribution is 2.30. The number of anilines is 1. The molecule has 3 nitrogen and oxygen atoms in total. The molecule has 1 aromatic rings. The fraction of sp³-hybridized carbons (Fsp3) is 0.462. The minimum atomic E-state index is 0.152. The number of thioether (sulfide) groups is 1. The fourth-order valence-electron chi connectivity index (χ4n) is 1.84. The molecule has 0 amide bonds. The van der Waals surface area contributed by atoms with Crippen molar-refractivity contribution >= 4 is 23.3 Å². The maximum absolute atomic E-state index is 7.76. The molecule has 0 aliphatic carbocycles. The third-order valence-electron chi connectivity index (χ3n) is 2.54. The van der Waals surface area contributed by atoms with Crippen LogP contribution in [0.2, 0.25) is 0 Å². The van der Waals surface area contributed by atoms with Crippen molar-refractivity contribution in [2.45, 2.75) is 25.2 Å². The van der Waals surface area contributed by atoms with Crippen molar-refractivity contribution in [1.82, 2.24) is 0 Å². The van der Waals surface area contributed by atoms with E-state index in [1.165, 1.54) is 0 Å². The van der Waals surface area contributed by atoms with Crippen LogP contribution in [-0.4, -0.2) is 25.2 Å². The van der Waals surface area contributed by atoms with E-state index >= 15 is 0 Å². The largest absolute Gasteiger partial charge is 0.384 e. The van der Waals surface area contributed by atoms with Gasteiger partial charge in [0, 0.05) is 24.2 Å². The minimum Gasteiger partial charge on any atom is -0.384 e. The maximum Gasteiger partial charge on any atom is 0.126 e. The molecule has 0 spiro atoms. The van der Waals surface area contributed by atoms with Gasteiger partial charge in [0.25, 0.3) is 0 Å². The summed E-state index contributed by atoms with van der Waals surface area (Å²) in [5.41, 5.74) is 7.65. The van der Waals surface area contributed by atoms with Crippen molar-refractivity contribution in [3.8, 4) is 0 Å². The Morgan fingerprint density at radius 3 is 2.65 bits per heavy atom. The highest BCUT2D eigenvalue weighted by molar-refractivity contribution is 7.99. The lowest BCUT2D eigenvalue weighted by molar-refractivity contribution is 0.849. The second-order valence-corrected chi connectivity index (χ2v) is 5.22. The van der Waals surface area contributed by atoms with E-state index in [0.717, 1.165) is 34.9 Å². The molecule has 94 valence electrons. The van der Waals surface area contributed by atoms with Gasteiger partial charge in [-0.15, -0.1) is 11.8 Å². The van der Waals surface area contributed by atoms with E-state index in [-0.39, 0.29) is 5.84 Å². The molecule has 1 rings (SSSR count). The molecule has 0 aliphatic rings. The van der Waals surface area contributed by atoms with E-state index < -0.39 is 0 Å². The average molecular weight is 251 g/mol. The molecule has 1 aromatic carbocycles. The Labute approximate surface area is 108 Å². The number of benzene rings is 1. The van der Waals surface area contributed by atoms with Gasteiger partial charge in [0.15, 0.2) is 0 Å². The summed E-state index contributed by atoms with van der Waals surface area (Å²) >= 11 is 1.73. The van der Waals surface area contributed by atoms with Crippen molar-refractivity contribution in [3.05, 3.63) is 23.8 Å². The number of nitrogens with one attached hydrogen (secondary N) is 1. The number of amidine groups is 1. The summed E-state index contributed by atoms with van der Waals surface area (Å²) in [5, 5.41) is 7.76. The van der Waals surface area contributed by atoms with Crippen molar-refractivity contribution < 1.29 is 0 Å². The molecule has 3 N–H and O–H groups in total. The standard InChI is InChI=1S/C13H21N3S/c1-4-9-16(3)10-7-6-8-11(17-5-2)12(10)13(14)15/h6-8H,4-5,9H2,1-3H3,(H3,14,15). The number of nitrogens with two attached hydrogens (primary N) is 1. The average Bonchev–Trinajstić information content (AvgIpc) is 2.29. The molecule has 0 fully saturated rings. The molecule has 17 heavy (non-hydrogen) atoms. The summed E-state index contributed by atoms with van der Waals surface area (Å²) in [7, 11) is 2.05. The van der Waals surface area contributed by atoms with Gasteiger partial charge >= 0.3 is 0 Å². The first kappa shape index (κ1) is 13.9. The number of nitrogen functional groups attached to an aromatic ring is 1. The first-order valence-electron chi connectivity index (χ1n) is 5.93. The van der Waals surface area contributed by atoms with Gasteiger partial charge in [0.05, 0.1) is 5.56 Å². The van der Waals surface area contributed by atoms with Crippen molar-refractivity contribution in [2.24, 2.45) is 5.73 Å². The van der Waals surface area contributed by atoms with Crippen LogP contribution in [0.4, 0.5) is 5.69 Å². The smallest absolute Gasteiger partial charge is 0.126 e. The third-order valence-corrected chi connectivity index (χ3v) is 3.48. The molecule has 0 saturated carbocycles. The second kappa shape index (κ2) is 6.55. The first-order chi connectivity index (χ1) is 8.11. The Morgan fingerprint density at radius 2 is 2.12 bits per heavy atom. The summed E-state index contributed by atoms with van der Waals surface area (Å²) in [5.74, 6) is 1.14. The van der Waals surface area contributed by atoms with E-state index in [2.05, 4.69) is 18.7 Å². The van der Waals surface area contributed by atoms with Crippen LogP contribution in [0.5, 0.6) is 0 Å². The molecule has 0 bridgehead atoms. The normalized spacial score (nSPS) is 10.3. The Balaban J connectivity index is 3.19. The van der Waals surface area contributed by atoms with E-state index in [1.807, 2.05) is 25.2 Å². The molecule has 0 aliphatic heterocycles. The monoisotopic (exact) mass is 251 g/mol. The van der Waals surface area contributed by atoms with Gasteiger partial charge in [-0.3, -0.25) is 5.41 Å². The SMILES string of the molecule is CCCN(C)c1cccc(SCC)c1C(=N)N. The lowest BCUT2D eigenvalue weighted by Gasteiger charge is -2.23. The number of hydrogen-bond acceptors (Lipinski definition) is 3. The molecular weight excluding hydrogens is 230 g/mol. The zero-order valence-electron chi connectivity index (χ0n) is 10.8. The highest BCUT2D eigenvalue weighted by atomic mass is 32.2. The Kier molecular flexibility index (Phi) is 5.35. The van der Waals surface area contributed by atoms with E-state index in [0.29, 0.717) is 0 Å². The van der Waals surface area contributed by atoms with E-state index in [1.54, 1.807) is 11.8 Å². The number of hydrogen-bond donors (Lipinski definition) is 2. The van der Waals surface area contributed by atoms with Crippen LogP contribution < -0.4 is 10.6 Å². The predicted octanol–water partition coefficient (Wildman–Crippen LogP) is 2.93. The Morgan fingerprint density at radius 1 is 1.41 bits per heavy atom. The number of nitrogens with zero attached hydrogens (tertiary/aromatic N) is 1. The molecule has 4 heteroatoms. The van der Waals surface area contributed by atoms with Gasteiger partial charge in [0.1, 0.15) is 5.84 Å². The lowest BCUT2D eigenvalue weighted by Crippen LogP contribution is -2.23. The fourth-order valence-corrected chi connectivity index (χ4v) is 2.68. The van der Waals surface area contributed by atoms with Gasteiger partial charge in [-0.05, 0) is 24.3 Å². The summed E-state index contributed by atoms with van der Waals surface area (Å²) in [6.45, 7) is 5.23. The molecule has 0 unspecified atom stereocenters. The zero-order chi connectivity index (χ0) is 12.8. The quantitative estimate of drug-likeness (QED) is 0.464. The van der Waals surface area contributed by atoms with Crippen LogP contribution in [-0.2, 0) is 0 Å². The van der Waals surface area contributed by atoms with Crippen molar-refractivity contribution in [1.29, 1.82) is 5.41 Å². The summed E-state index contributed by atoms with van der Waals surface area (Å²) in [4.78, 5) is 3.26. The lowest BCUT2D eigenvalue weighted by atomic mass is 10.1. The van der Waals surface area contributed by atoms with Gasteiger partial charge < -0.3 is 10.6 Å². The van der Waals surface area contributed by atoms with Crippen molar-refractivity contribution in [3.63, 3.8) is 0 Å². The number of rotatable bonds is 6. The van der Waals surface area contributed by atoms with Crippen LogP contribution >= 0.6 is 11.8 Å². The summed E-state index contributed by atoms with van der Waals surface area (Å²) in [6.07, 6.45) is 1.08. The summed E-state index contributed by atoms with van der Waals surface area (Å²) < 4.78 is 0. The van der Waals surface area contributed by atoms with Crippen LogP contribution in [0.25, 0.3) is 0 Å². The van der Waals surface area contributed by atoms with E-state index in [4.69, 9.17) is 11.1 Å². The Hall–Kier alpha value is -1.16. The molecule has 0 aromatic heterocycles. The van der Waals surface area contributed by atoms with Crippen molar-refractivity contribution in [2.75, 3.05) is 24.2 Å².